The Morgan fingerprint density at radius 2 is 1.69 bits per heavy atom. The van der Waals surface area contributed by atoms with Gasteiger partial charge in [0.15, 0.2) is 0 Å². The van der Waals surface area contributed by atoms with Crippen molar-refractivity contribution in [3.8, 4) is 0 Å². The summed E-state index contributed by atoms with van der Waals surface area (Å²) < 4.78 is 6.76. The van der Waals surface area contributed by atoms with Gasteiger partial charge in [-0.05, 0) is 54.6 Å². The number of aromatic nitrogens is 2. The van der Waals surface area contributed by atoms with Crippen LogP contribution in [0.2, 0.25) is 0 Å². The van der Waals surface area contributed by atoms with Gasteiger partial charge in [0.05, 0.1) is 24.1 Å². The molecule has 1 saturated heterocycles. The Bertz CT molecular complexity index is 1290. The van der Waals surface area contributed by atoms with Crippen molar-refractivity contribution in [2.45, 2.75) is 32.4 Å². The van der Waals surface area contributed by atoms with E-state index < -0.39 is 0 Å². The van der Waals surface area contributed by atoms with Gasteiger partial charge < -0.3 is 9.72 Å². The van der Waals surface area contributed by atoms with Gasteiger partial charge in [-0.3, -0.25) is 19.2 Å². The minimum Gasteiger partial charge on any atom is -0.379 e. The van der Waals surface area contributed by atoms with Gasteiger partial charge >= 0.3 is 5.69 Å². The van der Waals surface area contributed by atoms with Crippen LogP contribution in [0.15, 0.2) is 64.2 Å². The van der Waals surface area contributed by atoms with E-state index in [1.165, 1.54) is 15.7 Å². The number of ether oxygens (including phenoxy) is 1. The lowest BCUT2D eigenvalue weighted by Gasteiger charge is -2.26. The van der Waals surface area contributed by atoms with Gasteiger partial charge in [-0.2, -0.15) is 0 Å². The van der Waals surface area contributed by atoms with E-state index in [2.05, 4.69) is 51.2 Å². The molecule has 7 heteroatoms. The minimum absolute atomic E-state index is 0.199. The maximum atomic E-state index is 13.0. The summed E-state index contributed by atoms with van der Waals surface area (Å²) in [6.45, 7) is 7.51. The molecule has 7 nitrogen and oxygen atoms in total. The second kappa shape index (κ2) is 11.2. The van der Waals surface area contributed by atoms with Crippen LogP contribution in [0.25, 0.3) is 16.5 Å². The molecule has 2 aromatic carbocycles. The Labute approximate surface area is 205 Å². The van der Waals surface area contributed by atoms with Gasteiger partial charge in [0, 0.05) is 39.3 Å². The normalized spacial score (nSPS) is 17.5. The Morgan fingerprint density at radius 1 is 0.886 bits per heavy atom. The van der Waals surface area contributed by atoms with Crippen LogP contribution in [-0.4, -0.2) is 65.3 Å². The summed E-state index contributed by atoms with van der Waals surface area (Å²) in [6, 6.07) is 16.4. The van der Waals surface area contributed by atoms with Crippen molar-refractivity contribution in [1.29, 1.82) is 0 Å². The molecule has 5 rings (SSSR count). The summed E-state index contributed by atoms with van der Waals surface area (Å²) in [5.74, 6) is 0. The van der Waals surface area contributed by atoms with Crippen molar-refractivity contribution in [3.63, 3.8) is 0 Å². The summed E-state index contributed by atoms with van der Waals surface area (Å²) in [6.07, 6.45) is 5.14. The van der Waals surface area contributed by atoms with Crippen LogP contribution in [-0.2, 0) is 17.8 Å². The number of hydrogen-bond acceptors (Lipinski definition) is 5. The van der Waals surface area contributed by atoms with E-state index in [1.54, 1.807) is 0 Å². The highest BCUT2D eigenvalue weighted by molar-refractivity contribution is 5.78. The van der Waals surface area contributed by atoms with Gasteiger partial charge in [0.2, 0.25) is 0 Å². The zero-order valence-corrected chi connectivity index (χ0v) is 20.2. The van der Waals surface area contributed by atoms with Gasteiger partial charge in [-0.1, -0.05) is 42.5 Å². The summed E-state index contributed by atoms with van der Waals surface area (Å²) in [5, 5.41) is 0.574. The molecule has 0 amide bonds. The van der Waals surface area contributed by atoms with Crippen molar-refractivity contribution in [2.75, 3.05) is 45.9 Å². The number of morpholine rings is 1. The van der Waals surface area contributed by atoms with E-state index in [0.29, 0.717) is 17.4 Å². The van der Waals surface area contributed by atoms with Crippen LogP contribution >= 0.6 is 0 Å². The summed E-state index contributed by atoms with van der Waals surface area (Å²) in [5.41, 5.74) is 3.93. The fraction of sp³-hybridized carbons (Fsp3) is 0.429. The van der Waals surface area contributed by atoms with E-state index >= 15 is 0 Å². The fourth-order valence-corrected chi connectivity index (χ4v) is 5.05. The third-order valence-electron chi connectivity index (χ3n) is 7.10. The zero-order chi connectivity index (χ0) is 24.0. The molecule has 0 aliphatic carbocycles. The highest BCUT2D eigenvalue weighted by Gasteiger charge is 2.14. The lowest BCUT2D eigenvalue weighted by Crippen LogP contribution is -2.36. The first-order valence-corrected chi connectivity index (χ1v) is 12.7. The SMILES string of the molecule is O=c1[nH]c2cc(CN3CCOCC3)ccc2c(=O)n1CCCCN1CC=C(c2ccccc2)CC1. The number of hydrogen-bond donors (Lipinski definition) is 1. The van der Waals surface area contributed by atoms with Crippen LogP contribution in [0.3, 0.4) is 0 Å². The largest absolute Gasteiger partial charge is 0.379 e. The average molecular weight is 475 g/mol. The Hall–Kier alpha value is -3.00. The number of nitrogens with zero attached hydrogens (tertiary/aromatic N) is 3. The number of benzene rings is 2. The quantitative estimate of drug-likeness (QED) is 0.508. The van der Waals surface area contributed by atoms with E-state index in [9.17, 15) is 9.59 Å². The van der Waals surface area contributed by atoms with Crippen LogP contribution < -0.4 is 11.2 Å². The van der Waals surface area contributed by atoms with Crippen molar-refractivity contribution in [3.05, 3.63) is 86.6 Å². The predicted molar refractivity (Wildman–Crippen MR) is 140 cm³/mol. The van der Waals surface area contributed by atoms with Crippen molar-refractivity contribution < 1.29 is 4.74 Å². The molecule has 1 N–H and O–H groups in total. The molecular formula is C28H34N4O3. The molecule has 1 fully saturated rings. The van der Waals surface area contributed by atoms with Crippen LogP contribution in [0, 0.1) is 0 Å². The first-order chi connectivity index (χ1) is 17.2. The first-order valence-electron chi connectivity index (χ1n) is 12.7. The predicted octanol–water partition coefficient (Wildman–Crippen LogP) is 3.09. The highest BCUT2D eigenvalue weighted by atomic mass is 16.5. The summed E-state index contributed by atoms with van der Waals surface area (Å²) >= 11 is 0. The lowest BCUT2D eigenvalue weighted by molar-refractivity contribution is 0.0342. The number of nitrogens with one attached hydrogen (secondary N) is 1. The molecule has 0 bridgehead atoms. The van der Waals surface area contributed by atoms with Crippen LogP contribution in [0.1, 0.15) is 30.4 Å². The summed E-state index contributed by atoms with van der Waals surface area (Å²) in [4.78, 5) is 33.4. The van der Waals surface area contributed by atoms with Gasteiger partial charge in [-0.25, -0.2) is 4.79 Å². The van der Waals surface area contributed by atoms with E-state index in [0.717, 1.165) is 77.3 Å². The Morgan fingerprint density at radius 3 is 2.46 bits per heavy atom. The molecule has 0 unspecified atom stereocenters. The second-order valence-electron chi connectivity index (χ2n) is 9.51. The molecule has 0 saturated carbocycles. The molecule has 35 heavy (non-hydrogen) atoms. The monoisotopic (exact) mass is 474 g/mol. The fourth-order valence-electron chi connectivity index (χ4n) is 5.05. The minimum atomic E-state index is -0.320. The van der Waals surface area contributed by atoms with Crippen molar-refractivity contribution >= 4 is 16.5 Å². The molecule has 2 aliphatic heterocycles. The molecule has 0 radical (unpaired) electrons. The standard InChI is InChI=1S/C28H34N4O3/c33-27-25-9-8-22(21-31-16-18-35-19-17-31)20-26(25)29-28(34)32(27)13-5-4-12-30-14-10-24(11-15-30)23-6-2-1-3-7-23/h1-3,6-10,20H,4-5,11-19,21H2,(H,29,34). The molecule has 3 aromatic rings. The van der Waals surface area contributed by atoms with Gasteiger partial charge in [0.1, 0.15) is 0 Å². The molecular weight excluding hydrogens is 440 g/mol. The number of aromatic amines is 1. The third kappa shape index (κ3) is 5.81. The molecule has 2 aliphatic rings. The number of fused-ring (bicyclic) bond motifs is 1. The zero-order valence-electron chi connectivity index (χ0n) is 20.2. The molecule has 3 heterocycles. The molecule has 1 aromatic heterocycles. The van der Waals surface area contributed by atoms with E-state index in [1.807, 2.05) is 18.2 Å². The highest BCUT2D eigenvalue weighted by Crippen LogP contribution is 2.22. The van der Waals surface area contributed by atoms with Crippen LogP contribution in [0.5, 0.6) is 0 Å². The molecule has 0 spiro atoms. The average Bonchev–Trinajstić information content (AvgIpc) is 2.89. The maximum Gasteiger partial charge on any atom is 0.328 e. The number of H-pyrrole nitrogens is 1. The van der Waals surface area contributed by atoms with Crippen LogP contribution in [0.4, 0.5) is 0 Å². The van der Waals surface area contributed by atoms with Gasteiger partial charge in [0.25, 0.3) is 5.56 Å². The molecule has 0 atom stereocenters. The third-order valence-corrected chi connectivity index (χ3v) is 7.10. The lowest BCUT2D eigenvalue weighted by atomic mass is 9.99. The van der Waals surface area contributed by atoms with Gasteiger partial charge in [-0.15, -0.1) is 0 Å². The van der Waals surface area contributed by atoms with E-state index in [-0.39, 0.29) is 11.2 Å². The Balaban J connectivity index is 1.16. The topological polar surface area (TPSA) is 70.6 Å². The molecule has 184 valence electrons. The smallest absolute Gasteiger partial charge is 0.328 e. The Kier molecular flexibility index (Phi) is 7.57. The number of rotatable bonds is 8. The number of unbranched alkanes of at least 4 members (excludes halogenated alkanes) is 1. The summed E-state index contributed by atoms with van der Waals surface area (Å²) in [7, 11) is 0. The maximum absolute atomic E-state index is 13.0. The van der Waals surface area contributed by atoms with E-state index in [4.69, 9.17) is 4.74 Å². The first kappa shape index (κ1) is 23.7. The van der Waals surface area contributed by atoms with Crippen molar-refractivity contribution in [2.24, 2.45) is 0 Å². The van der Waals surface area contributed by atoms with Crippen molar-refractivity contribution in [1.82, 2.24) is 19.4 Å². The second-order valence-corrected chi connectivity index (χ2v) is 9.51.